The summed E-state index contributed by atoms with van der Waals surface area (Å²) < 4.78 is 1.69. The topological polar surface area (TPSA) is 55.1 Å². The molecule has 0 saturated carbocycles. The molecule has 1 aromatic heterocycles. The first-order valence-corrected chi connectivity index (χ1v) is 3.52. The quantitative estimate of drug-likeness (QED) is 0.603. The van der Waals surface area contributed by atoms with Gasteiger partial charge in [0.2, 0.25) is 0 Å². The Morgan fingerprint density at radius 1 is 1.73 bits per heavy atom. The van der Waals surface area contributed by atoms with E-state index in [0.717, 1.165) is 12.2 Å². The van der Waals surface area contributed by atoms with Gasteiger partial charge in [-0.05, 0) is 7.05 Å². The smallest absolute Gasteiger partial charge is 0.171 e. The molecule has 0 amide bonds. The minimum absolute atomic E-state index is 0.259. The van der Waals surface area contributed by atoms with Gasteiger partial charge in [0.1, 0.15) is 6.33 Å². The maximum atomic E-state index is 4.08. The van der Waals surface area contributed by atoms with Crippen LogP contribution in [0.1, 0.15) is 18.3 Å². The molecular weight excluding hydrogens is 142 g/mol. The first-order valence-electron chi connectivity index (χ1n) is 3.52. The standard InChI is InChI=1S/C6H9N5/c1-7-5-2-3-9-11-4-8-10-6(5)11/h3-5,7H,2H2,1H3. The summed E-state index contributed by atoms with van der Waals surface area (Å²) in [4.78, 5) is 0. The summed E-state index contributed by atoms with van der Waals surface area (Å²) in [5.74, 6) is 0.884. The van der Waals surface area contributed by atoms with Gasteiger partial charge in [-0.15, -0.1) is 10.2 Å². The maximum absolute atomic E-state index is 4.08. The molecule has 0 fully saturated rings. The number of aromatic nitrogens is 3. The number of nitrogens with one attached hydrogen (secondary N) is 1. The fraction of sp³-hybridized carbons (Fsp3) is 0.500. The SMILES string of the molecule is CNC1CC=Nn2cnnc21. The Labute approximate surface area is 64.1 Å². The molecule has 0 aromatic carbocycles. The summed E-state index contributed by atoms with van der Waals surface area (Å²) in [5.41, 5.74) is 0. The summed E-state index contributed by atoms with van der Waals surface area (Å²) in [7, 11) is 1.91. The highest BCUT2D eigenvalue weighted by molar-refractivity contribution is 5.59. The summed E-state index contributed by atoms with van der Waals surface area (Å²) in [6, 6.07) is 0.259. The second kappa shape index (κ2) is 2.43. The molecule has 1 atom stereocenters. The highest BCUT2D eigenvalue weighted by Crippen LogP contribution is 2.15. The van der Waals surface area contributed by atoms with E-state index in [9.17, 15) is 0 Å². The molecule has 0 spiro atoms. The molecular formula is C6H9N5. The molecule has 0 saturated heterocycles. The van der Waals surface area contributed by atoms with Gasteiger partial charge in [-0.25, -0.2) is 4.68 Å². The highest BCUT2D eigenvalue weighted by atomic mass is 15.4. The van der Waals surface area contributed by atoms with Crippen LogP contribution in [0.3, 0.4) is 0 Å². The van der Waals surface area contributed by atoms with E-state index < -0.39 is 0 Å². The van der Waals surface area contributed by atoms with Crippen molar-refractivity contribution in [3.05, 3.63) is 12.2 Å². The summed E-state index contributed by atoms with van der Waals surface area (Å²) >= 11 is 0. The predicted molar refractivity (Wildman–Crippen MR) is 40.3 cm³/mol. The van der Waals surface area contributed by atoms with E-state index >= 15 is 0 Å². The molecule has 1 unspecified atom stereocenters. The number of nitrogens with zero attached hydrogens (tertiary/aromatic N) is 4. The summed E-state index contributed by atoms with van der Waals surface area (Å²) in [6.07, 6.45) is 4.35. The van der Waals surface area contributed by atoms with Gasteiger partial charge in [-0.1, -0.05) is 0 Å². The minimum Gasteiger partial charge on any atom is -0.310 e. The lowest BCUT2D eigenvalue weighted by Crippen LogP contribution is -2.23. The van der Waals surface area contributed by atoms with Crippen LogP contribution in [0.5, 0.6) is 0 Å². The second-order valence-corrected chi connectivity index (χ2v) is 2.41. The van der Waals surface area contributed by atoms with Crippen molar-refractivity contribution in [1.82, 2.24) is 20.2 Å². The molecule has 5 heteroatoms. The van der Waals surface area contributed by atoms with E-state index in [2.05, 4.69) is 20.6 Å². The molecule has 58 valence electrons. The monoisotopic (exact) mass is 151 g/mol. The molecule has 1 aliphatic rings. The van der Waals surface area contributed by atoms with Crippen LogP contribution in [0.15, 0.2) is 11.4 Å². The fourth-order valence-corrected chi connectivity index (χ4v) is 1.15. The zero-order chi connectivity index (χ0) is 7.68. The molecule has 1 aliphatic heterocycles. The molecule has 2 heterocycles. The lowest BCUT2D eigenvalue weighted by atomic mass is 10.2. The molecule has 11 heavy (non-hydrogen) atoms. The molecule has 1 N–H and O–H groups in total. The maximum Gasteiger partial charge on any atom is 0.171 e. The Hall–Kier alpha value is -1.23. The largest absolute Gasteiger partial charge is 0.310 e. The molecule has 0 aliphatic carbocycles. The number of hydrogen-bond acceptors (Lipinski definition) is 4. The van der Waals surface area contributed by atoms with Gasteiger partial charge in [0, 0.05) is 12.6 Å². The Morgan fingerprint density at radius 2 is 2.64 bits per heavy atom. The lowest BCUT2D eigenvalue weighted by Gasteiger charge is -2.15. The van der Waals surface area contributed by atoms with Crippen LogP contribution in [0.2, 0.25) is 0 Å². The third kappa shape index (κ3) is 0.932. The van der Waals surface area contributed by atoms with Crippen molar-refractivity contribution in [2.45, 2.75) is 12.5 Å². The van der Waals surface area contributed by atoms with E-state index in [1.54, 1.807) is 11.0 Å². The molecule has 0 radical (unpaired) electrons. The van der Waals surface area contributed by atoms with Crippen LogP contribution >= 0.6 is 0 Å². The third-order valence-corrected chi connectivity index (χ3v) is 1.76. The second-order valence-electron chi connectivity index (χ2n) is 2.41. The molecule has 0 bridgehead atoms. The Kier molecular flexibility index (Phi) is 1.43. The van der Waals surface area contributed by atoms with Crippen LogP contribution < -0.4 is 5.32 Å². The van der Waals surface area contributed by atoms with Crippen LogP contribution in [-0.2, 0) is 0 Å². The number of fused-ring (bicyclic) bond motifs is 1. The Bertz CT molecular complexity index is 276. The average molecular weight is 151 g/mol. The van der Waals surface area contributed by atoms with Crippen LogP contribution in [0.4, 0.5) is 0 Å². The van der Waals surface area contributed by atoms with Gasteiger partial charge < -0.3 is 5.32 Å². The van der Waals surface area contributed by atoms with Gasteiger partial charge >= 0.3 is 0 Å². The Morgan fingerprint density at radius 3 is 3.45 bits per heavy atom. The van der Waals surface area contributed by atoms with E-state index in [1.807, 2.05) is 13.3 Å². The Balaban J connectivity index is 2.41. The van der Waals surface area contributed by atoms with Gasteiger partial charge in [-0.3, -0.25) is 0 Å². The summed E-state index contributed by atoms with van der Waals surface area (Å²) in [5, 5.41) is 14.9. The molecule has 5 nitrogen and oxygen atoms in total. The van der Waals surface area contributed by atoms with Crippen molar-refractivity contribution in [2.24, 2.45) is 5.10 Å². The van der Waals surface area contributed by atoms with Gasteiger partial charge in [0.05, 0.1) is 6.04 Å². The van der Waals surface area contributed by atoms with Crippen molar-refractivity contribution in [2.75, 3.05) is 7.05 Å². The fourth-order valence-electron chi connectivity index (χ4n) is 1.15. The molecule has 1 aromatic rings. The zero-order valence-electron chi connectivity index (χ0n) is 6.23. The average Bonchev–Trinajstić information content (AvgIpc) is 2.50. The van der Waals surface area contributed by atoms with Crippen molar-refractivity contribution >= 4 is 6.21 Å². The van der Waals surface area contributed by atoms with Crippen molar-refractivity contribution < 1.29 is 0 Å². The highest BCUT2D eigenvalue weighted by Gasteiger charge is 2.17. The number of rotatable bonds is 1. The van der Waals surface area contributed by atoms with E-state index in [1.165, 1.54) is 0 Å². The zero-order valence-corrected chi connectivity index (χ0v) is 6.23. The van der Waals surface area contributed by atoms with Crippen LogP contribution in [0, 0.1) is 0 Å². The third-order valence-electron chi connectivity index (χ3n) is 1.76. The summed E-state index contributed by atoms with van der Waals surface area (Å²) in [6.45, 7) is 0. The van der Waals surface area contributed by atoms with Crippen LogP contribution in [0.25, 0.3) is 0 Å². The lowest BCUT2D eigenvalue weighted by molar-refractivity contribution is 0.538. The predicted octanol–water partition coefficient (Wildman–Crippen LogP) is -0.224. The van der Waals surface area contributed by atoms with Gasteiger partial charge in [-0.2, -0.15) is 5.10 Å². The first-order chi connectivity index (χ1) is 5.42. The molecule has 2 rings (SSSR count). The van der Waals surface area contributed by atoms with Crippen LogP contribution in [-0.4, -0.2) is 28.1 Å². The van der Waals surface area contributed by atoms with E-state index in [4.69, 9.17) is 0 Å². The van der Waals surface area contributed by atoms with Gasteiger partial charge in [0.25, 0.3) is 0 Å². The minimum atomic E-state index is 0.259. The van der Waals surface area contributed by atoms with Crippen molar-refractivity contribution in [3.8, 4) is 0 Å². The number of hydrogen-bond donors (Lipinski definition) is 1. The van der Waals surface area contributed by atoms with Crippen molar-refractivity contribution in [3.63, 3.8) is 0 Å². The van der Waals surface area contributed by atoms with E-state index in [-0.39, 0.29) is 6.04 Å². The van der Waals surface area contributed by atoms with E-state index in [0.29, 0.717) is 0 Å². The normalized spacial score (nSPS) is 21.7. The first kappa shape index (κ1) is 6.48. The van der Waals surface area contributed by atoms with Crippen molar-refractivity contribution in [1.29, 1.82) is 0 Å². The van der Waals surface area contributed by atoms with Gasteiger partial charge in [0.15, 0.2) is 5.82 Å².